The maximum absolute atomic E-state index is 6.97. The highest BCUT2D eigenvalue weighted by atomic mass is 32.1. The van der Waals surface area contributed by atoms with Crippen LogP contribution in [-0.2, 0) is 0 Å². The van der Waals surface area contributed by atoms with Crippen molar-refractivity contribution < 1.29 is 0 Å². The van der Waals surface area contributed by atoms with Crippen molar-refractivity contribution in [1.82, 2.24) is 15.0 Å². The number of hydrogen-bond donors (Lipinski definition) is 0. The molecule has 0 bridgehead atoms. The number of hydrogen-bond acceptors (Lipinski definition) is 4. The van der Waals surface area contributed by atoms with Crippen LogP contribution in [0.1, 0.15) is 0 Å². The highest BCUT2D eigenvalue weighted by Crippen LogP contribution is 2.39. The van der Waals surface area contributed by atoms with Crippen LogP contribution in [0.15, 0.2) is 158 Å². The van der Waals surface area contributed by atoms with Gasteiger partial charge in [0.05, 0.1) is 0 Å². The van der Waals surface area contributed by atoms with E-state index in [1.165, 1.54) is 11.3 Å². The van der Waals surface area contributed by atoms with E-state index in [1.54, 1.807) is 0 Å². The third-order valence-corrected chi connectivity index (χ3v) is 12.6. The van der Waals surface area contributed by atoms with Crippen LogP contribution in [0.25, 0.3) is 98.8 Å². The highest BCUT2D eigenvalue weighted by molar-refractivity contribution is 7.28. The second kappa shape index (κ2) is 16.0. The Morgan fingerprint density at radius 3 is 1.10 bits per heavy atom. The summed E-state index contributed by atoms with van der Waals surface area (Å²) >= 11 is 1.39. The molecule has 0 saturated carbocycles. The summed E-state index contributed by atoms with van der Waals surface area (Å²) in [5.41, 5.74) is 11.9. The largest absolute Gasteiger partial charge is 0.208 e. The van der Waals surface area contributed by atoms with Gasteiger partial charge in [-0.25, -0.2) is 15.0 Å². The lowest BCUT2D eigenvalue weighted by Crippen LogP contribution is -2.47. The topological polar surface area (TPSA) is 38.7 Å². The smallest absolute Gasteiger partial charge is 0.164 e. The van der Waals surface area contributed by atoms with Crippen molar-refractivity contribution in [3.63, 3.8) is 0 Å². The van der Waals surface area contributed by atoms with E-state index < -0.39 is 0 Å². The minimum absolute atomic E-state index is 0.185. The van der Waals surface area contributed by atoms with Crippen LogP contribution in [-0.4, -0.2) is 69.9 Å². The zero-order chi connectivity index (χ0) is 42.6. The Balaban J connectivity index is 1.21. The third kappa shape index (κ3) is 6.95. The molecule has 62 heavy (non-hydrogen) atoms. The molecular formula is C51H26B7N3S. The fraction of sp³-hybridized carbons (Fsp3) is 0. The van der Waals surface area contributed by atoms with Crippen LogP contribution in [0, 0.1) is 0 Å². The van der Waals surface area contributed by atoms with Crippen LogP contribution >= 0.6 is 11.3 Å². The van der Waals surface area contributed by atoms with E-state index in [2.05, 4.69) is 72.8 Å². The number of fused-ring (bicyclic) bond motifs is 3. The first kappa shape index (κ1) is 39.6. The molecule has 0 aliphatic carbocycles. The molecule has 0 unspecified atom stereocenters. The van der Waals surface area contributed by atoms with Gasteiger partial charge in [0, 0.05) is 26.1 Å². The van der Waals surface area contributed by atoms with Gasteiger partial charge < -0.3 is 0 Å². The molecule has 0 saturated heterocycles. The van der Waals surface area contributed by atoms with Crippen LogP contribution < -0.4 is 38.2 Å². The van der Waals surface area contributed by atoms with Gasteiger partial charge in [-0.15, -0.1) is 27.7 Å². The average Bonchev–Trinajstić information content (AvgIpc) is 3.73. The molecule has 11 heteroatoms. The second-order valence-electron chi connectivity index (χ2n) is 15.1. The summed E-state index contributed by atoms with van der Waals surface area (Å²) in [5, 5.41) is 1.19. The molecule has 3 nitrogen and oxygen atoms in total. The average molecular weight is 789 g/mol. The van der Waals surface area contributed by atoms with E-state index in [0.717, 1.165) is 60.3 Å². The molecule has 0 spiro atoms. The fourth-order valence-corrected chi connectivity index (χ4v) is 9.41. The van der Waals surface area contributed by atoms with E-state index in [1.807, 2.05) is 84.9 Å². The standard InChI is InChI=1S/C51H26B7N3S/c52-40-37(47-38(41(53)43(40)55)39-42(54)44(56)45(57)46(58)48(39)62-47)35-24-34(29-14-8-3-9-15-29)25-36(26-35)51-60-49(32-20-16-30(17-21-32)27-10-4-1-5-11-27)59-50(61-51)33-22-18-31(19-23-33)28-12-6-2-7-13-28/h1-26H. The molecule has 8 aromatic carbocycles. The zero-order valence-corrected chi connectivity index (χ0v) is 34.1. The molecule has 2 aromatic heterocycles. The third-order valence-electron chi connectivity index (χ3n) is 11.4. The first-order valence-electron chi connectivity index (χ1n) is 19.9. The predicted octanol–water partition coefficient (Wildman–Crippen LogP) is 5.47. The number of thiophene rings is 1. The van der Waals surface area contributed by atoms with Gasteiger partial charge in [-0.3, -0.25) is 0 Å². The van der Waals surface area contributed by atoms with Crippen molar-refractivity contribution in [2.75, 3.05) is 0 Å². The van der Waals surface area contributed by atoms with Crippen LogP contribution in [0.3, 0.4) is 0 Å². The van der Waals surface area contributed by atoms with Gasteiger partial charge in [0.2, 0.25) is 0 Å². The molecule has 0 atom stereocenters. The summed E-state index contributed by atoms with van der Waals surface area (Å²) in [7, 11) is 46.4. The van der Waals surface area contributed by atoms with E-state index in [0.29, 0.717) is 49.4 Å². The Labute approximate surface area is 374 Å². The number of aromatic nitrogens is 3. The van der Waals surface area contributed by atoms with Gasteiger partial charge in [0.25, 0.3) is 0 Å². The summed E-state index contributed by atoms with van der Waals surface area (Å²) in [6.45, 7) is 0. The van der Waals surface area contributed by atoms with Gasteiger partial charge in [-0.05, 0) is 73.5 Å². The number of nitrogens with zero attached hydrogens (tertiary/aromatic N) is 3. The fourth-order valence-electron chi connectivity index (χ4n) is 8.03. The normalized spacial score (nSPS) is 11.4. The quantitative estimate of drug-likeness (QED) is 0.202. The van der Waals surface area contributed by atoms with E-state index in [4.69, 9.17) is 69.9 Å². The van der Waals surface area contributed by atoms with Crippen molar-refractivity contribution in [3.05, 3.63) is 158 Å². The van der Waals surface area contributed by atoms with Crippen molar-refractivity contribution in [2.45, 2.75) is 0 Å². The van der Waals surface area contributed by atoms with Crippen molar-refractivity contribution in [1.29, 1.82) is 0 Å². The van der Waals surface area contributed by atoms with Crippen LogP contribution in [0.5, 0.6) is 0 Å². The Bertz CT molecular complexity index is 3240. The summed E-state index contributed by atoms with van der Waals surface area (Å²) in [6.07, 6.45) is 0. The van der Waals surface area contributed by atoms with Gasteiger partial charge in [0.15, 0.2) is 17.5 Å². The summed E-state index contributed by atoms with van der Waals surface area (Å²) in [4.78, 5) is 15.4. The lowest BCUT2D eigenvalue weighted by atomic mass is 9.64. The monoisotopic (exact) mass is 789 g/mol. The van der Waals surface area contributed by atoms with Gasteiger partial charge in [-0.1, -0.05) is 161 Å². The molecule has 2 heterocycles. The van der Waals surface area contributed by atoms with Crippen LogP contribution in [0.4, 0.5) is 0 Å². The van der Waals surface area contributed by atoms with Crippen molar-refractivity contribution in [2.24, 2.45) is 0 Å². The van der Waals surface area contributed by atoms with E-state index >= 15 is 0 Å². The van der Waals surface area contributed by atoms with Gasteiger partial charge >= 0.3 is 0 Å². The zero-order valence-electron chi connectivity index (χ0n) is 33.3. The maximum atomic E-state index is 6.97. The Morgan fingerprint density at radius 2 is 0.613 bits per heavy atom. The summed E-state index contributed by atoms with van der Waals surface area (Å²) in [5.74, 6) is 1.51. The number of benzene rings is 8. The lowest BCUT2D eigenvalue weighted by molar-refractivity contribution is 1.07. The van der Waals surface area contributed by atoms with Crippen LogP contribution in [0.2, 0.25) is 0 Å². The first-order chi connectivity index (χ1) is 30.1. The molecule has 0 amide bonds. The minimum atomic E-state index is 0.185. The summed E-state index contributed by atoms with van der Waals surface area (Å²) < 4.78 is 1.38. The van der Waals surface area contributed by atoms with Crippen molar-refractivity contribution >= 4 is 125 Å². The highest BCUT2D eigenvalue weighted by Gasteiger charge is 2.22. The molecule has 0 N–H and O–H groups in total. The minimum Gasteiger partial charge on any atom is -0.208 e. The van der Waals surface area contributed by atoms with E-state index in [9.17, 15) is 0 Å². The first-order valence-corrected chi connectivity index (χ1v) is 20.7. The molecule has 0 aliphatic heterocycles. The Hall–Kier alpha value is -6.56. The molecule has 10 rings (SSSR count). The molecule has 10 aromatic rings. The Kier molecular flexibility index (Phi) is 10.2. The van der Waals surface area contributed by atoms with Crippen molar-refractivity contribution in [3.8, 4) is 78.7 Å². The summed E-state index contributed by atoms with van der Waals surface area (Å²) in [6, 6.07) is 53.3. The second-order valence-corrected chi connectivity index (χ2v) is 16.2. The molecule has 0 fully saturated rings. The lowest BCUT2D eigenvalue weighted by Gasteiger charge is -2.19. The Morgan fingerprint density at radius 1 is 0.274 bits per heavy atom. The SMILES string of the molecule is [B]c1c([B])c([B])c2c(sc3c(-c4cc(-c5ccccc5)cc(-c5nc(-c6ccc(-c7ccccc7)cc6)nc(-c6ccc(-c7ccccc7)cc6)n5)c4)c([B])c([B])c([B])c32)c1[B]. The molecule has 272 valence electrons. The number of rotatable bonds is 7. The predicted molar refractivity (Wildman–Crippen MR) is 268 cm³/mol. The van der Waals surface area contributed by atoms with Gasteiger partial charge in [-0.2, -0.15) is 0 Å². The molecule has 0 aliphatic rings. The van der Waals surface area contributed by atoms with E-state index in [-0.39, 0.29) is 27.3 Å². The molecule has 14 radical (unpaired) electrons. The molecular weight excluding hydrogens is 762 g/mol. The maximum Gasteiger partial charge on any atom is 0.164 e. The van der Waals surface area contributed by atoms with Gasteiger partial charge in [0.1, 0.15) is 54.9 Å².